The van der Waals surface area contributed by atoms with Gasteiger partial charge in [0.2, 0.25) is 5.91 Å². The zero-order chi connectivity index (χ0) is 22.8. The minimum Gasteiger partial charge on any atom is -0.337 e. The van der Waals surface area contributed by atoms with Crippen LogP contribution < -0.4 is 0 Å². The Morgan fingerprint density at radius 3 is 2.18 bits per heavy atom. The van der Waals surface area contributed by atoms with Gasteiger partial charge in [-0.15, -0.1) is 0 Å². The van der Waals surface area contributed by atoms with Gasteiger partial charge in [0.15, 0.2) is 0 Å². The summed E-state index contributed by atoms with van der Waals surface area (Å²) in [6, 6.07) is 15.5. The van der Waals surface area contributed by atoms with Gasteiger partial charge in [0.05, 0.1) is 6.04 Å². The summed E-state index contributed by atoms with van der Waals surface area (Å²) >= 11 is 5.97. The third-order valence-corrected chi connectivity index (χ3v) is 7.88. The highest BCUT2D eigenvalue weighted by atomic mass is 35.5. The first-order valence-corrected chi connectivity index (χ1v) is 12.6. The molecule has 2 aromatic rings. The van der Waals surface area contributed by atoms with E-state index < -0.39 is 0 Å². The van der Waals surface area contributed by atoms with E-state index in [0.717, 1.165) is 38.9 Å². The molecular weight excluding hydrogens is 434 g/mol. The highest BCUT2D eigenvalue weighted by molar-refractivity contribution is 6.30. The lowest BCUT2D eigenvalue weighted by molar-refractivity contribution is -0.141. The fraction of sp³-hybridized carbons (Fsp3) is 0.481. The van der Waals surface area contributed by atoms with Crippen LogP contribution in [0.5, 0.6) is 0 Å². The van der Waals surface area contributed by atoms with Gasteiger partial charge >= 0.3 is 0 Å². The van der Waals surface area contributed by atoms with Gasteiger partial charge in [0.1, 0.15) is 0 Å². The quantitative estimate of drug-likeness (QED) is 0.678. The topological polar surface area (TPSA) is 43.9 Å². The molecule has 0 N–H and O–H groups in total. The fourth-order valence-corrected chi connectivity index (χ4v) is 5.90. The van der Waals surface area contributed by atoms with Crippen molar-refractivity contribution in [1.29, 1.82) is 0 Å². The lowest BCUT2D eigenvalue weighted by Crippen LogP contribution is -2.58. The number of nitrogens with zero attached hydrogens (tertiary/aromatic N) is 3. The Hall–Kier alpha value is -2.37. The van der Waals surface area contributed by atoms with Crippen molar-refractivity contribution in [3.05, 3.63) is 70.2 Å². The highest BCUT2D eigenvalue weighted by Gasteiger charge is 2.40. The van der Waals surface area contributed by atoms with E-state index in [1.807, 2.05) is 4.90 Å². The number of carbonyl (C=O) groups excluding carboxylic acids is 2. The number of amides is 2. The van der Waals surface area contributed by atoms with Crippen molar-refractivity contribution >= 4 is 23.4 Å². The Kier molecular flexibility index (Phi) is 6.70. The van der Waals surface area contributed by atoms with Crippen molar-refractivity contribution < 1.29 is 9.59 Å². The average molecular weight is 466 g/mol. The molecule has 2 heterocycles. The van der Waals surface area contributed by atoms with Crippen LogP contribution in [-0.4, -0.2) is 65.3 Å². The molecule has 1 saturated carbocycles. The smallest absolute Gasteiger partial charge is 0.253 e. The van der Waals surface area contributed by atoms with E-state index in [-0.39, 0.29) is 17.9 Å². The van der Waals surface area contributed by atoms with Crippen LogP contribution in [0.3, 0.4) is 0 Å². The SMILES string of the molecule is O=C(c1ccc(Cl)cc1)N1CCN([C@@H](C(=O)N2CCc3ccccc3C2)C2CCCC2)CC1. The van der Waals surface area contributed by atoms with Gasteiger partial charge < -0.3 is 9.80 Å². The van der Waals surface area contributed by atoms with E-state index in [1.54, 1.807) is 24.3 Å². The highest BCUT2D eigenvalue weighted by Crippen LogP contribution is 2.33. The summed E-state index contributed by atoms with van der Waals surface area (Å²) in [5.41, 5.74) is 3.32. The van der Waals surface area contributed by atoms with E-state index in [0.29, 0.717) is 36.1 Å². The van der Waals surface area contributed by atoms with Crippen molar-refractivity contribution in [2.75, 3.05) is 32.7 Å². The van der Waals surface area contributed by atoms with Crippen molar-refractivity contribution in [1.82, 2.24) is 14.7 Å². The first-order valence-electron chi connectivity index (χ1n) is 12.2. The molecule has 5 rings (SSSR count). The Balaban J connectivity index is 1.27. The zero-order valence-corrected chi connectivity index (χ0v) is 19.8. The number of halogens is 1. The minimum absolute atomic E-state index is 0.0442. The third kappa shape index (κ3) is 4.80. The van der Waals surface area contributed by atoms with Gasteiger partial charge in [-0.25, -0.2) is 0 Å². The van der Waals surface area contributed by atoms with Crippen molar-refractivity contribution in [2.24, 2.45) is 5.92 Å². The van der Waals surface area contributed by atoms with Crippen molar-refractivity contribution in [3.8, 4) is 0 Å². The summed E-state index contributed by atoms with van der Waals surface area (Å²) in [7, 11) is 0. The van der Waals surface area contributed by atoms with Crippen LogP contribution in [0.2, 0.25) is 5.02 Å². The Morgan fingerprint density at radius 2 is 1.48 bits per heavy atom. The van der Waals surface area contributed by atoms with E-state index in [4.69, 9.17) is 11.6 Å². The molecule has 174 valence electrons. The molecular formula is C27H32ClN3O2. The molecule has 1 aliphatic carbocycles. The molecule has 33 heavy (non-hydrogen) atoms. The van der Waals surface area contributed by atoms with Gasteiger partial charge in [-0.2, -0.15) is 0 Å². The molecule has 2 fully saturated rings. The first kappa shape index (κ1) is 22.4. The molecule has 6 heteroatoms. The van der Waals surface area contributed by atoms with Gasteiger partial charge in [-0.3, -0.25) is 14.5 Å². The standard InChI is InChI=1S/C27H32ClN3O2/c28-24-11-9-22(10-12-24)26(32)30-17-15-29(16-18-30)25(21-6-2-3-7-21)27(33)31-14-13-20-5-1-4-8-23(20)19-31/h1,4-5,8-12,21,25H,2-3,6-7,13-19H2/t25-/m1/s1. The number of hydrogen-bond acceptors (Lipinski definition) is 3. The second kappa shape index (κ2) is 9.86. The largest absolute Gasteiger partial charge is 0.337 e. The molecule has 5 nitrogen and oxygen atoms in total. The summed E-state index contributed by atoms with van der Waals surface area (Å²) in [4.78, 5) is 33.1. The van der Waals surface area contributed by atoms with Crippen LogP contribution in [0.4, 0.5) is 0 Å². The van der Waals surface area contributed by atoms with E-state index in [2.05, 4.69) is 34.1 Å². The van der Waals surface area contributed by atoms with Crippen LogP contribution >= 0.6 is 11.6 Å². The summed E-state index contributed by atoms with van der Waals surface area (Å²) in [5, 5.41) is 0.634. The van der Waals surface area contributed by atoms with Gasteiger partial charge in [-0.05, 0) is 60.6 Å². The molecule has 1 atom stereocenters. The maximum Gasteiger partial charge on any atom is 0.253 e. The molecule has 2 amide bonds. The molecule has 0 bridgehead atoms. The average Bonchev–Trinajstić information content (AvgIpc) is 3.39. The maximum atomic E-state index is 13.9. The number of piperazine rings is 1. The minimum atomic E-state index is -0.0643. The van der Waals surface area contributed by atoms with Gasteiger partial charge in [-0.1, -0.05) is 48.7 Å². The number of benzene rings is 2. The molecule has 0 unspecified atom stereocenters. The number of hydrogen-bond donors (Lipinski definition) is 0. The second-order valence-corrected chi connectivity index (χ2v) is 10.0. The fourth-order valence-electron chi connectivity index (χ4n) is 5.78. The summed E-state index contributed by atoms with van der Waals surface area (Å²) in [6.07, 6.45) is 5.62. The molecule has 2 aliphatic heterocycles. The zero-order valence-electron chi connectivity index (χ0n) is 19.1. The van der Waals surface area contributed by atoms with E-state index >= 15 is 0 Å². The van der Waals surface area contributed by atoms with Crippen LogP contribution in [0.25, 0.3) is 0 Å². The number of carbonyl (C=O) groups is 2. The Labute approximate surface area is 201 Å². The van der Waals surface area contributed by atoms with Crippen LogP contribution in [0.15, 0.2) is 48.5 Å². The molecule has 1 saturated heterocycles. The molecule has 0 spiro atoms. The summed E-state index contributed by atoms with van der Waals surface area (Å²) in [5.74, 6) is 0.754. The van der Waals surface area contributed by atoms with Crippen LogP contribution in [-0.2, 0) is 17.8 Å². The third-order valence-electron chi connectivity index (χ3n) is 7.63. The molecule has 0 radical (unpaired) electrons. The monoisotopic (exact) mass is 465 g/mol. The lowest BCUT2D eigenvalue weighted by Gasteiger charge is -2.43. The predicted molar refractivity (Wildman–Crippen MR) is 130 cm³/mol. The van der Waals surface area contributed by atoms with E-state index in [1.165, 1.54) is 24.0 Å². The molecule has 2 aromatic carbocycles. The van der Waals surface area contributed by atoms with Crippen LogP contribution in [0, 0.1) is 5.92 Å². The molecule has 3 aliphatic rings. The second-order valence-electron chi connectivity index (χ2n) is 9.60. The Morgan fingerprint density at radius 1 is 0.818 bits per heavy atom. The summed E-state index contributed by atoms with van der Waals surface area (Å²) < 4.78 is 0. The molecule has 0 aromatic heterocycles. The maximum absolute atomic E-state index is 13.9. The van der Waals surface area contributed by atoms with Gasteiger partial charge in [0, 0.05) is 49.9 Å². The van der Waals surface area contributed by atoms with Gasteiger partial charge in [0.25, 0.3) is 5.91 Å². The summed E-state index contributed by atoms with van der Waals surface area (Å²) in [6.45, 7) is 4.32. The lowest BCUT2D eigenvalue weighted by atomic mass is 9.92. The predicted octanol–water partition coefficient (Wildman–Crippen LogP) is 4.24. The normalized spacial score (nSPS) is 20.5. The van der Waals surface area contributed by atoms with Crippen LogP contribution in [0.1, 0.15) is 47.2 Å². The van der Waals surface area contributed by atoms with Crippen molar-refractivity contribution in [3.63, 3.8) is 0 Å². The first-order chi connectivity index (χ1) is 16.1. The Bertz CT molecular complexity index is 995. The van der Waals surface area contributed by atoms with Crippen molar-refractivity contribution in [2.45, 2.75) is 44.7 Å². The number of fused-ring (bicyclic) bond motifs is 1. The number of rotatable bonds is 4. The van der Waals surface area contributed by atoms with E-state index in [9.17, 15) is 9.59 Å².